The summed E-state index contributed by atoms with van der Waals surface area (Å²) in [5, 5.41) is 11.4. The second-order valence-corrected chi connectivity index (χ2v) is 7.04. The molecule has 128 valence electrons. The standard InChI is InChI=1S/C22H29NO/c24-22(21-12-6-2-7-13-21,15-14-20-10-4-1-5-11-20)16-19-23-17-8-3-9-18-23/h1-2,4-7,10-13,24H,3,8-9,14-19H2/t22-/m1/s1. The Kier molecular flexibility index (Phi) is 6.06. The van der Waals surface area contributed by atoms with Gasteiger partial charge in [0.15, 0.2) is 0 Å². The molecule has 1 fully saturated rings. The van der Waals surface area contributed by atoms with Crippen LogP contribution >= 0.6 is 0 Å². The summed E-state index contributed by atoms with van der Waals surface area (Å²) < 4.78 is 0. The van der Waals surface area contributed by atoms with Crippen LogP contribution in [0.2, 0.25) is 0 Å². The Morgan fingerprint density at radius 3 is 2.08 bits per heavy atom. The van der Waals surface area contributed by atoms with E-state index in [2.05, 4.69) is 41.3 Å². The molecule has 1 N–H and O–H groups in total. The van der Waals surface area contributed by atoms with Crippen molar-refractivity contribution in [3.05, 3.63) is 71.8 Å². The predicted octanol–water partition coefficient (Wildman–Crippen LogP) is 4.38. The molecule has 0 aromatic heterocycles. The van der Waals surface area contributed by atoms with Gasteiger partial charge < -0.3 is 10.0 Å². The van der Waals surface area contributed by atoms with Crippen LogP contribution in [0.1, 0.15) is 43.2 Å². The Morgan fingerprint density at radius 1 is 0.792 bits per heavy atom. The minimum atomic E-state index is -0.742. The molecule has 0 amide bonds. The summed E-state index contributed by atoms with van der Waals surface area (Å²) >= 11 is 0. The van der Waals surface area contributed by atoms with Crippen LogP contribution < -0.4 is 0 Å². The molecule has 2 nitrogen and oxygen atoms in total. The lowest BCUT2D eigenvalue weighted by molar-refractivity contribution is 0.00736. The second kappa shape index (κ2) is 8.46. The fraction of sp³-hybridized carbons (Fsp3) is 0.455. The summed E-state index contributed by atoms with van der Waals surface area (Å²) in [6, 6.07) is 20.7. The number of hydrogen-bond donors (Lipinski definition) is 1. The molecule has 0 spiro atoms. The highest BCUT2D eigenvalue weighted by atomic mass is 16.3. The van der Waals surface area contributed by atoms with Crippen LogP contribution in [0.15, 0.2) is 60.7 Å². The number of benzene rings is 2. The highest BCUT2D eigenvalue weighted by Crippen LogP contribution is 2.31. The lowest BCUT2D eigenvalue weighted by Crippen LogP contribution is -2.36. The van der Waals surface area contributed by atoms with E-state index in [9.17, 15) is 5.11 Å². The maximum absolute atomic E-state index is 11.4. The van der Waals surface area contributed by atoms with E-state index >= 15 is 0 Å². The van der Waals surface area contributed by atoms with Gasteiger partial charge in [-0.05, 0) is 56.3 Å². The minimum absolute atomic E-state index is 0.742. The average Bonchev–Trinajstić information content (AvgIpc) is 2.67. The quantitative estimate of drug-likeness (QED) is 0.817. The zero-order chi connectivity index (χ0) is 16.7. The van der Waals surface area contributed by atoms with E-state index in [1.54, 1.807) is 0 Å². The molecular formula is C22H29NO. The molecule has 1 saturated heterocycles. The molecule has 0 radical (unpaired) electrons. The minimum Gasteiger partial charge on any atom is -0.385 e. The number of hydrogen-bond acceptors (Lipinski definition) is 2. The summed E-state index contributed by atoms with van der Waals surface area (Å²) in [5.74, 6) is 0. The van der Waals surface area contributed by atoms with E-state index in [4.69, 9.17) is 0 Å². The normalized spacial score (nSPS) is 18.2. The SMILES string of the molecule is O[C@](CCc1ccccc1)(CCN1CCCCC1)c1ccccc1. The van der Waals surface area contributed by atoms with Crippen LogP contribution in [-0.2, 0) is 12.0 Å². The van der Waals surface area contributed by atoms with E-state index in [-0.39, 0.29) is 0 Å². The largest absolute Gasteiger partial charge is 0.385 e. The Morgan fingerprint density at radius 2 is 1.42 bits per heavy atom. The van der Waals surface area contributed by atoms with Crippen molar-refractivity contribution in [2.75, 3.05) is 19.6 Å². The fourth-order valence-electron chi connectivity index (χ4n) is 3.68. The summed E-state index contributed by atoms with van der Waals surface area (Å²) in [4.78, 5) is 2.51. The lowest BCUT2D eigenvalue weighted by Gasteiger charge is -2.33. The summed E-state index contributed by atoms with van der Waals surface area (Å²) in [6.45, 7) is 3.35. The molecule has 0 bridgehead atoms. The molecule has 2 heteroatoms. The van der Waals surface area contributed by atoms with Gasteiger partial charge in [0.1, 0.15) is 0 Å². The predicted molar refractivity (Wildman–Crippen MR) is 100 cm³/mol. The smallest absolute Gasteiger partial charge is 0.0911 e. The fourth-order valence-corrected chi connectivity index (χ4v) is 3.68. The van der Waals surface area contributed by atoms with E-state index in [0.717, 1.165) is 31.4 Å². The van der Waals surface area contributed by atoms with Gasteiger partial charge in [0.2, 0.25) is 0 Å². The molecule has 24 heavy (non-hydrogen) atoms. The average molecular weight is 323 g/mol. The second-order valence-electron chi connectivity index (χ2n) is 7.04. The molecule has 2 aromatic rings. The van der Waals surface area contributed by atoms with Crippen LogP contribution in [0.5, 0.6) is 0 Å². The molecule has 1 heterocycles. The van der Waals surface area contributed by atoms with Crippen molar-refractivity contribution in [2.24, 2.45) is 0 Å². The first-order valence-electron chi connectivity index (χ1n) is 9.30. The topological polar surface area (TPSA) is 23.5 Å². The Hall–Kier alpha value is -1.64. The first-order chi connectivity index (χ1) is 11.8. The van der Waals surface area contributed by atoms with Crippen LogP contribution in [0.4, 0.5) is 0 Å². The van der Waals surface area contributed by atoms with Crippen LogP contribution in [0.3, 0.4) is 0 Å². The molecule has 1 aliphatic rings. The van der Waals surface area contributed by atoms with E-state index in [1.807, 2.05) is 24.3 Å². The molecule has 0 aliphatic carbocycles. The highest BCUT2D eigenvalue weighted by molar-refractivity contribution is 5.23. The van der Waals surface area contributed by atoms with Crippen molar-refractivity contribution in [3.8, 4) is 0 Å². The highest BCUT2D eigenvalue weighted by Gasteiger charge is 2.29. The lowest BCUT2D eigenvalue weighted by atomic mass is 9.84. The number of aliphatic hydroxyl groups is 1. The van der Waals surface area contributed by atoms with Crippen molar-refractivity contribution in [1.82, 2.24) is 4.90 Å². The molecular weight excluding hydrogens is 294 g/mol. The third-order valence-corrected chi connectivity index (χ3v) is 5.27. The van der Waals surface area contributed by atoms with Crippen molar-refractivity contribution in [1.29, 1.82) is 0 Å². The number of likely N-dealkylation sites (tertiary alicyclic amines) is 1. The zero-order valence-corrected chi connectivity index (χ0v) is 14.5. The van der Waals surface area contributed by atoms with Gasteiger partial charge in [-0.15, -0.1) is 0 Å². The molecule has 0 unspecified atom stereocenters. The Balaban J connectivity index is 1.68. The molecule has 1 atom stereocenters. The third-order valence-electron chi connectivity index (χ3n) is 5.27. The number of rotatable bonds is 7. The van der Waals surface area contributed by atoms with Crippen molar-refractivity contribution in [2.45, 2.75) is 44.1 Å². The monoisotopic (exact) mass is 323 g/mol. The van der Waals surface area contributed by atoms with E-state index < -0.39 is 5.60 Å². The first-order valence-corrected chi connectivity index (χ1v) is 9.30. The molecule has 0 saturated carbocycles. The third kappa shape index (κ3) is 4.68. The van der Waals surface area contributed by atoms with Crippen molar-refractivity contribution < 1.29 is 5.11 Å². The molecule has 1 aliphatic heterocycles. The maximum Gasteiger partial charge on any atom is 0.0911 e. The van der Waals surface area contributed by atoms with E-state index in [0.29, 0.717) is 0 Å². The van der Waals surface area contributed by atoms with Crippen molar-refractivity contribution >= 4 is 0 Å². The van der Waals surface area contributed by atoms with Gasteiger partial charge in [-0.3, -0.25) is 0 Å². The van der Waals surface area contributed by atoms with Crippen molar-refractivity contribution in [3.63, 3.8) is 0 Å². The molecule has 2 aromatic carbocycles. The van der Waals surface area contributed by atoms with Gasteiger partial charge in [0.05, 0.1) is 5.60 Å². The molecule has 3 rings (SSSR count). The summed E-state index contributed by atoms with van der Waals surface area (Å²) in [6.07, 6.45) is 6.44. The van der Waals surface area contributed by atoms with Gasteiger partial charge >= 0.3 is 0 Å². The Bertz CT molecular complexity index is 592. The van der Waals surface area contributed by atoms with Crippen LogP contribution in [-0.4, -0.2) is 29.6 Å². The van der Waals surface area contributed by atoms with Gasteiger partial charge in [-0.2, -0.15) is 0 Å². The van der Waals surface area contributed by atoms with Crippen LogP contribution in [0.25, 0.3) is 0 Å². The van der Waals surface area contributed by atoms with Gasteiger partial charge in [0.25, 0.3) is 0 Å². The number of aryl methyl sites for hydroxylation is 1. The zero-order valence-electron chi connectivity index (χ0n) is 14.5. The summed E-state index contributed by atoms with van der Waals surface area (Å²) in [7, 11) is 0. The number of nitrogens with zero attached hydrogens (tertiary/aromatic N) is 1. The van der Waals surface area contributed by atoms with Gasteiger partial charge in [0, 0.05) is 6.54 Å². The van der Waals surface area contributed by atoms with Gasteiger partial charge in [-0.1, -0.05) is 67.1 Å². The Labute approximate surface area is 146 Å². The number of piperidine rings is 1. The van der Waals surface area contributed by atoms with E-state index in [1.165, 1.54) is 37.9 Å². The maximum atomic E-state index is 11.4. The summed E-state index contributed by atoms with van der Waals surface area (Å²) in [5.41, 5.74) is 1.61. The van der Waals surface area contributed by atoms with Crippen LogP contribution in [0, 0.1) is 0 Å². The van der Waals surface area contributed by atoms with Gasteiger partial charge in [-0.25, -0.2) is 0 Å². The first kappa shape index (κ1) is 17.2.